The molecule has 1 N–H and O–H groups in total. The third-order valence-electron chi connectivity index (χ3n) is 2.74. The Labute approximate surface area is 106 Å². The van der Waals surface area contributed by atoms with Crippen LogP contribution < -0.4 is 5.32 Å². The number of hydrogen-bond acceptors (Lipinski definition) is 4. The Kier molecular flexibility index (Phi) is 2.38. The molecule has 1 aromatic rings. The Hall–Kier alpha value is -0.390. The quantitative estimate of drug-likeness (QED) is 0.864. The predicted octanol–water partition coefficient (Wildman–Crippen LogP) is 2.55. The van der Waals surface area contributed by atoms with E-state index in [9.17, 15) is 4.79 Å². The van der Waals surface area contributed by atoms with Gasteiger partial charge < -0.3 is 5.32 Å². The standard InChI is InChI=1S/C9H9Cl2N3OS/c10-9(11)3-5(9)6(15)12-8-14-13-7(16-8)4-1-2-4/h4-5H,1-3H2,(H,12,14,15)/t5-/m1/s1. The average molecular weight is 278 g/mol. The topological polar surface area (TPSA) is 54.9 Å². The average Bonchev–Trinajstić information content (AvgIpc) is 3.10. The molecule has 0 aliphatic heterocycles. The first-order chi connectivity index (χ1) is 7.56. The molecule has 0 spiro atoms. The van der Waals surface area contributed by atoms with Crippen LogP contribution in [0.2, 0.25) is 0 Å². The van der Waals surface area contributed by atoms with E-state index in [1.165, 1.54) is 24.2 Å². The fraction of sp³-hybridized carbons (Fsp3) is 0.667. The van der Waals surface area contributed by atoms with Gasteiger partial charge in [0.15, 0.2) is 0 Å². The van der Waals surface area contributed by atoms with Crippen LogP contribution in [0.15, 0.2) is 0 Å². The normalized spacial score (nSPS) is 26.5. The third kappa shape index (κ3) is 2.04. The molecule has 1 heterocycles. The molecule has 3 rings (SSSR count). The van der Waals surface area contributed by atoms with Crippen LogP contribution in [0.4, 0.5) is 5.13 Å². The maximum atomic E-state index is 11.6. The highest BCUT2D eigenvalue weighted by Crippen LogP contribution is 2.53. The molecule has 1 atom stereocenters. The zero-order valence-corrected chi connectivity index (χ0v) is 10.6. The predicted molar refractivity (Wildman–Crippen MR) is 63.1 cm³/mol. The smallest absolute Gasteiger partial charge is 0.232 e. The van der Waals surface area contributed by atoms with E-state index >= 15 is 0 Å². The van der Waals surface area contributed by atoms with Crippen LogP contribution >= 0.6 is 34.5 Å². The van der Waals surface area contributed by atoms with E-state index < -0.39 is 4.33 Å². The van der Waals surface area contributed by atoms with Crippen LogP contribution in [0.1, 0.15) is 30.2 Å². The lowest BCUT2D eigenvalue weighted by Crippen LogP contribution is -2.16. The van der Waals surface area contributed by atoms with Crippen molar-refractivity contribution in [3.05, 3.63) is 5.01 Å². The first-order valence-electron chi connectivity index (χ1n) is 5.08. The maximum Gasteiger partial charge on any atom is 0.232 e. The highest BCUT2D eigenvalue weighted by Gasteiger charge is 2.56. The van der Waals surface area contributed by atoms with Crippen molar-refractivity contribution in [2.45, 2.75) is 29.5 Å². The number of carbonyl (C=O) groups is 1. The first-order valence-corrected chi connectivity index (χ1v) is 6.65. The van der Waals surface area contributed by atoms with Gasteiger partial charge in [-0.1, -0.05) is 11.3 Å². The summed E-state index contributed by atoms with van der Waals surface area (Å²) in [5.74, 6) is 0.0804. The van der Waals surface area contributed by atoms with Crippen LogP contribution in [0.5, 0.6) is 0 Å². The van der Waals surface area contributed by atoms with Crippen molar-refractivity contribution in [1.82, 2.24) is 10.2 Å². The van der Waals surface area contributed by atoms with Crippen molar-refractivity contribution in [2.75, 3.05) is 5.32 Å². The molecule has 0 aromatic carbocycles. The molecular weight excluding hydrogens is 269 g/mol. The molecule has 2 fully saturated rings. The van der Waals surface area contributed by atoms with E-state index in [2.05, 4.69) is 15.5 Å². The van der Waals surface area contributed by atoms with Crippen molar-refractivity contribution in [1.29, 1.82) is 0 Å². The van der Waals surface area contributed by atoms with Gasteiger partial charge in [-0.25, -0.2) is 0 Å². The second-order valence-corrected chi connectivity index (χ2v) is 6.78. The summed E-state index contributed by atoms with van der Waals surface area (Å²) < 4.78 is -0.881. The molecule has 86 valence electrons. The summed E-state index contributed by atoms with van der Waals surface area (Å²) in [6, 6.07) is 0. The molecule has 2 saturated carbocycles. The van der Waals surface area contributed by atoms with Crippen molar-refractivity contribution in [3.8, 4) is 0 Å². The summed E-state index contributed by atoms with van der Waals surface area (Å²) in [7, 11) is 0. The Balaban J connectivity index is 1.63. The summed E-state index contributed by atoms with van der Waals surface area (Å²) in [5.41, 5.74) is 0. The highest BCUT2D eigenvalue weighted by molar-refractivity contribution is 7.15. The van der Waals surface area contributed by atoms with Crippen LogP contribution in [0, 0.1) is 5.92 Å². The number of aromatic nitrogens is 2. The van der Waals surface area contributed by atoms with E-state index in [1.54, 1.807) is 0 Å². The Morgan fingerprint density at radius 3 is 2.69 bits per heavy atom. The minimum absolute atomic E-state index is 0.163. The van der Waals surface area contributed by atoms with Crippen LogP contribution in [-0.4, -0.2) is 20.4 Å². The zero-order chi connectivity index (χ0) is 11.3. The SMILES string of the molecule is O=C(Nc1nnc(C2CC2)s1)[C@H]1CC1(Cl)Cl. The van der Waals surface area contributed by atoms with Gasteiger partial charge in [-0.15, -0.1) is 33.4 Å². The van der Waals surface area contributed by atoms with Gasteiger partial charge in [0.1, 0.15) is 9.34 Å². The minimum atomic E-state index is -0.881. The van der Waals surface area contributed by atoms with Gasteiger partial charge >= 0.3 is 0 Å². The fourth-order valence-electron chi connectivity index (χ4n) is 1.47. The van der Waals surface area contributed by atoms with Gasteiger partial charge in [0.25, 0.3) is 0 Å². The lowest BCUT2D eigenvalue weighted by molar-refractivity contribution is -0.117. The molecule has 16 heavy (non-hydrogen) atoms. The van der Waals surface area contributed by atoms with Gasteiger partial charge in [-0.3, -0.25) is 4.79 Å². The highest BCUT2D eigenvalue weighted by atomic mass is 35.5. The number of halogens is 2. The molecule has 0 bridgehead atoms. The summed E-state index contributed by atoms with van der Waals surface area (Å²) in [6.07, 6.45) is 2.87. The minimum Gasteiger partial charge on any atom is -0.300 e. The molecule has 1 amide bonds. The lowest BCUT2D eigenvalue weighted by atomic mass is 10.4. The molecule has 2 aliphatic rings. The monoisotopic (exact) mass is 277 g/mol. The third-order valence-corrected chi connectivity index (χ3v) is 4.58. The van der Waals surface area contributed by atoms with E-state index in [-0.39, 0.29) is 11.8 Å². The number of amides is 1. The van der Waals surface area contributed by atoms with E-state index in [1.807, 2.05) is 0 Å². The van der Waals surface area contributed by atoms with Gasteiger partial charge in [-0.2, -0.15) is 0 Å². The number of anilines is 1. The molecule has 0 unspecified atom stereocenters. The fourth-order valence-corrected chi connectivity index (χ4v) is 2.89. The van der Waals surface area contributed by atoms with Gasteiger partial charge in [-0.05, 0) is 19.3 Å². The second kappa shape index (κ2) is 3.55. The van der Waals surface area contributed by atoms with Crippen LogP contribution in [-0.2, 0) is 4.79 Å². The molecular formula is C9H9Cl2N3OS. The molecule has 0 saturated heterocycles. The largest absolute Gasteiger partial charge is 0.300 e. The Bertz CT molecular complexity index is 444. The second-order valence-electron chi connectivity index (χ2n) is 4.23. The molecule has 7 heteroatoms. The van der Waals surface area contributed by atoms with E-state index in [4.69, 9.17) is 23.2 Å². The number of nitrogens with one attached hydrogen (secondary N) is 1. The van der Waals surface area contributed by atoms with Crippen molar-refractivity contribution >= 4 is 45.6 Å². The lowest BCUT2D eigenvalue weighted by Gasteiger charge is -1.99. The molecule has 4 nitrogen and oxygen atoms in total. The Morgan fingerprint density at radius 1 is 1.44 bits per heavy atom. The number of hydrogen-bond donors (Lipinski definition) is 1. The van der Waals surface area contributed by atoms with E-state index in [0.29, 0.717) is 17.5 Å². The van der Waals surface area contributed by atoms with Crippen molar-refractivity contribution in [3.63, 3.8) is 0 Å². The van der Waals surface area contributed by atoms with Crippen molar-refractivity contribution in [2.24, 2.45) is 5.92 Å². The first kappa shape index (κ1) is 10.7. The van der Waals surface area contributed by atoms with Gasteiger partial charge in [0.05, 0.1) is 5.92 Å². The number of nitrogens with zero attached hydrogens (tertiary/aromatic N) is 2. The summed E-state index contributed by atoms with van der Waals surface area (Å²) >= 11 is 13.0. The van der Waals surface area contributed by atoms with Gasteiger partial charge in [0.2, 0.25) is 11.0 Å². The van der Waals surface area contributed by atoms with Crippen LogP contribution in [0.25, 0.3) is 0 Å². The maximum absolute atomic E-state index is 11.6. The number of rotatable bonds is 3. The summed E-state index contributed by atoms with van der Waals surface area (Å²) in [6.45, 7) is 0. The number of carbonyl (C=O) groups excluding carboxylic acids is 1. The summed E-state index contributed by atoms with van der Waals surface area (Å²) in [4.78, 5) is 11.6. The summed E-state index contributed by atoms with van der Waals surface area (Å²) in [5, 5.41) is 12.2. The van der Waals surface area contributed by atoms with Crippen molar-refractivity contribution < 1.29 is 4.79 Å². The van der Waals surface area contributed by atoms with Gasteiger partial charge in [0, 0.05) is 5.92 Å². The molecule has 0 radical (unpaired) electrons. The molecule has 1 aromatic heterocycles. The zero-order valence-electron chi connectivity index (χ0n) is 8.24. The van der Waals surface area contributed by atoms with E-state index in [0.717, 1.165) is 5.01 Å². The Morgan fingerprint density at radius 2 is 2.12 bits per heavy atom. The molecule has 2 aliphatic carbocycles. The van der Waals surface area contributed by atoms with Crippen LogP contribution in [0.3, 0.4) is 0 Å². The number of alkyl halides is 2.